The fourth-order valence-electron chi connectivity index (χ4n) is 3.02. The SMILES string of the molecule is Cn1cc(OC(=O)CC2c3ccccc3CCN2S(C)(=O)=O)cn1. The molecule has 0 aliphatic carbocycles. The molecule has 3 rings (SSSR count). The summed E-state index contributed by atoms with van der Waals surface area (Å²) in [6, 6.07) is 7.06. The molecule has 128 valence electrons. The van der Waals surface area contributed by atoms with Gasteiger partial charge in [-0.2, -0.15) is 9.40 Å². The highest BCUT2D eigenvalue weighted by atomic mass is 32.2. The molecular weight excluding hydrogens is 330 g/mol. The van der Waals surface area contributed by atoms with E-state index in [1.807, 2.05) is 24.3 Å². The highest BCUT2D eigenvalue weighted by molar-refractivity contribution is 7.88. The van der Waals surface area contributed by atoms with Crippen molar-refractivity contribution in [3.63, 3.8) is 0 Å². The molecule has 8 heteroatoms. The highest BCUT2D eigenvalue weighted by Gasteiger charge is 2.34. The number of fused-ring (bicyclic) bond motifs is 1. The van der Waals surface area contributed by atoms with Crippen LogP contribution in [0.25, 0.3) is 0 Å². The van der Waals surface area contributed by atoms with Crippen molar-refractivity contribution in [1.82, 2.24) is 14.1 Å². The lowest BCUT2D eigenvalue weighted by atomic mass is 9.92. The Kier molecular flexibility index (Phi) is 4.42. The molecule has 24 heavy (non-hydrogen) atoms. The van der Waals surface area contributed by atoms with Gasteiger partial charge >= 0.3 is 5.97 Å². The van der Waals surface area contributed by atoms with E-state index in [0.29, 0.717) is 18.7 Å². The van der Waals surface area contributed by atoms with E-state index in [1.165, 1.54) is 21.4 Å². The number of aromatic nitrogens is 2. The Morgan fingerprint density at radius 1 is 1.38 bits per heavy atom. The lowest BCUT2D eigenvalue weighted by Crippen LogP contribution is -2.40. The predicted octanol–water partition coefficient (Wildman–Crippen LogP) is 1.27. The smallest absolute Gasteiger partial charge is 0.313 e. The van der Waals surface area contributed by atoms with Crippen LogP contribution in [0, 0.1) is 0 Å². The van der Waals surface area contributed by atoms with Gasteiger partial charge in [0.2, 0.25) is 10.0 Å². The average molecular weight is 349 g/mol. The maximum atomic E-state index is 12.3. The van der Waals surface area contributed by atoms with E-state index in [2.05, 4.69) is 5.10 Å². The molecule has 0 spiro atoms. The number of carbonyl (C=O) groups excluding carboxylic acids is 1. The van der Waals surface area contributed by atoms with Gasteiger partial charge in [-0.25, -0.2) is 8.42 Å². The molecule has 0 fully saturated rings. The van der Waals surface area contributed by atoms with Gasteiger partial charge in [0.05, 0.1) is 31.1 Å². The molecule has 0 N–H and O–H groups in total. The van der Waals surface area contributed by atoms with E-state index in [-0.39, 0.29) is 6.42 Å². The van der Waals surface area contributed by atoms with Crippen LogP contribution in [0.1, 0.15) is 23.6 Å². The van der Waals surface area contributed by atoms with E-state index in [4.69, 9.17) is 4.74 Å². The summed E-state index contributed by atoms with van der Waals surface area (Å²) < 4.78 is 32.4. The number of benzene rings is 1. The normalized spacial score (nSPS) is 18.2. The first-order valence-electron chi connectivity index (χ1n) is 7.58. The quantitative estimate of drug-likeness (QED) is 0.777. The number of carbonyl (C=O) groups is 1. The second-order valence-electron chi connectivity index (χ2n) is 5.87. The molecule has 0 amide bonds. The zero-order chi connectivity index (χ0) is 17.3. The van der Waals surface area contributed by atoms with Crippen molar-refractivity contribution in [1.29, 1.82) is 0 Å². The third-order valence-electron chi connectivity index (χ3n) is 4.06. The minimum Gasteiger partial charge on any atom is -0.423 e. The molecule has 1 aliphatic rings. The number of sulfonamides is 1. The predicted molar refractivity (Wildman–Crippen MR) is 87.9 cm³/mol. The zero-order valence-electron chi connectivity index (χ0n) is 13.5. The summed E-state index contributed by atoms with van der Waals surface area (Å²) in [7, 11) is -1.70. The van der Waals surface area contributed by atoms with Gasteiger partial charge in [-0.15, -0.1) is 0 Å². The van der Waals surface area contributed by atoms with Crippen molar-refractivity contribution in [2.45, 2.75) is 18.9 Å². The van der Waals surface area contributed by atoms with Gasteiger partial charge in [-0.05, 0) is 17.5 Å². The van der Waals surface area contributed by atoms with E-state index >= 15 is 0 Å². The molecule has 1 aromatic carbocycles. The third-order valence-corrected chi connectivity index (χ3v) is 5.35. The van der Waals surface area contributed by atoms with Gasteiger partial charge in [-0.3, -0.25) is 9.48 Å². The molecule has 0 saturated heterocycles. The van der Waals surface area contributed by atoms with Crippen LogP contribution in [-0.4, -0.2) is 41.3 Å². The minimum absolute atomic E-state index is 0.0427. The van der Waals surface area contributed by atoms with Crippen LogP contribution in [0.5, 0.6) is 5.75 Å². The molecule has 1 unspecified atom stereocenters. The highest BCUT2D eigenvalue weighted by Crippen LogP contribution is 2.34. The van der Waals surface area contributed by atoms with Gasteiger partial charge in [-0.1, -0.05) is 24.3 Å². The number of nitrogens with zero attached hydrogens (tertiary/aromatic N) is 3. The molecule has 1 atom stereocenters. The molecule has 2 aromatic rings. The first kappa shape index (κ1) is 16.7. The Balaban J connectivity index is 1.85. The van der Waals surface area contributed by atoms with Crippen LogP contribution in [-0.2, 0) is 28.3 Å². The van der Waals surface area contributed by atoms with Crippen LogP contribution in [0.2, 0.25) is 0 Å². The number of hydrogen-bond acceptors (Lipinski definition) is 5. The van der Waals surface area contributed by atoms with E-state index in [0.717, 1.165) is 11.1 Å². The maximum Gasteiger partial charge on any atom is 0.313 e. The molecule has 0 bridgehead atoms. The van der Waals surface area contributed by atoms with Gasteiger partial charge in [0.25, 0.3) is 0 Å². The van der Waals surface area contributed by atoms with Crippen molar-refractivity contribution in [2.24, 2.45) is 7.05 Å². The van der Waals surface area contributed by atoms with Crippen molar-refractivity contribution in [3.05, 3.63) is 47.8 Å². The number of ether oxygens (including phenoxy) is 1. The Bertz CT molecular complexity index is 860. The molecule has 0 radical (unpaired) electrons. The maximum absolute atomic E-state index is 12.3. The number of esters is 1. The molecule has 7 nitrogen and oxygen atoms in total. The lowest BCUT2D eigenvalue weighted by Gasteiger charge is -2.34. The second-order valence-corrected chi connectivity index (χ2v) is 7.80. The fraction of sp³-hybridized carbons (Fsp3) is 0.375. The van der Waals surface area contributed by atoms with E-state index < -0.39 is 22.0 Å². The van der Waals surface area contributed by atoms with Crippen LogP contribution >= 0.6 is 0 Å². The summed E-state index contributed by atoms with van der Waals surface area (Å²) in [4.78, 5) is 12.3. The Hall–Kier alpha value is -2.19. The molecule has 1 aromatic heterocycles. The fourth-order valence-corrected chi connectivity index (χ4v) is 4.09. The topological polar surface area (TPSA) is 81.5 Å². The van der Waals surface area contributed by atoms with Gasteiger partial charge in [0.1, 0.15) is 0 Å². The van der Waals surface area contributed by atoms with Crippen molar-refractivity contribution >= 4 is 16.0 Å². The molecule has 1 aliphatic heterocycles. The molecular formula is C16H19N3O4S. The summed E-state index contributed by atoms with van der Waals surface area (Å²) >= 11 is 0. The third kappa shape index (κ3) is 3.49. The molecule has 2 heterocycles. The first-order valence-corrected chi connectivity index (χ1v) is 9.43. The van der Waals surface area contributed by atoms with Crippen LogP contribution < -0.4 is 4.74 Å². The monoisotopic (exact) mass is 349 g/mol. The number of hydrogen-bond donors (Lipinski definition) is 0. The van der Waals surface area contributed by atoms with E-state index in [1.54, 1.807) is 13.2 Å². The minimum atomic E-state index is -3.42. The van der Waals surface area contributed by atoms with Crippen molar-refractivity contribution in [3.8, 4) is 5.75 Å². The molecule has 0 saturated carbocycles. The van der Waals surface area contributed by atoms with Crippen LogP contribution in [0.3, 0.4) is 0 Å². The second kappa shape index (κ2) is 6.37. The largest absolute Gasteiger partial charge is 0.423 e. The summed E-state index contributed by atoms with van der Waals surface area (Å²) in [5.74, 6) is -0.143. The van der Waals surface area contributed by atoms with Crippen LogP contribution in [0.15, 0.2) is 36.7 Å². The number of aryl methyl sites for hydroxylation is 1. The van der Waals surface area contributed by atoms with Gasteiger partial charge in [0.15, 0.2) is 5.75 Å². The van der Waals surface area contributed by atoms with Crippen molar-refractivity contribution < 1.29 is 17.9 Å². The summed E-state index contributed by atoms with van der Waals surface area (Å²) in [6.45, 7) is 0.362. The first-order chi connectivity index (χ1) is 11.3. The summed E-state index contributed by atoms with van der Waals surface area (Å²) in [5, 5.41) is 3.94. The summed E-state index contributed by atoms with van der Waals surface area (Å²) in [6.07, 6.45) is 4.79. The lowest BCUT2D eigenvalue weighted by molar-refractivity contribution is -0.135. The van der Waals surface area contributed by atoms with Crippen molar-refractivity contribution in [2.75, 3.05) is 12.8 Å². The van der Waals surface area contributed by atoms with Gasteiger partial charge < -0.3 is 4.74 Å². The van der Waals surface area contributed by atoms with Gasteiger partial charge in [0, 0.05) is 13.6 Å². The van der Waals surface area contributed by atoms with E-state index in [9.17, 15) is 13.2 Å². The average Bonchev–Trinajstić information content (AvgIpc) is 2.91. The Morgan fingerprint density at radius 3 is 2.79 bits per heavy atom. The number of rotatable bonds is 4. The standard InChI is InChI=1S/C16H19N3O4S/c1-18-11-13(10-17-18)23-16(20)9-15-14-6-4-3-5-12(14)7-8-19(15)24(2,21)22/h3-6,10-11,15H,7-9H2,1-2H3. The Labute approximate surface area is 140 Å². The zero-order valence-corrected chi connectivity index (χ0v) is 14.4. The van der Waals surface area contributed by atoms with Crippen LogP contribution in [0.4, 0.5) is 0 Å². The summed E-state index contributed by atoms with van der Waals surface area (Å²) in [5.41, 5.74) is 1.92. The Morgan fingerprint density at radius 2 is 2.12 bits per heavy atom.